The molecule has 0 aliphatic heterocycles. The van der Waals surface area contributed by atoms with Crippen LogP contribution in [0.3, 0.4) is 0 Å². The van der Waals surface area contributed by atoms with Crippen LogP contribution in [-0.4, -0.2) is 15.9 Å². The van der Waals surface area contributed by atoms with Crippen LogP contribution in [0.5, 0.6) is 11.6 Å². The number of ether oxygens (including phenoxy) is 1. The van der Waals surface area contributed by atoms with Gasteiger partial charge in [-0.05, 0) is 36.4 Å². The summed E-state index contributed by atoms with van der Waals surface area (Å²) in [5.41, 5.74) is 0.170. The minimum Gasteiger partial charge on any atom is -0.437 e. The van der Waals surface area contributed by atoms with Crippen molar-refractivity contribution in [3.8, 4) is 11.6 Å². The maximum absolute atomic E-state index is 12.6. The molecule has 134 valence electrons. The van der Waals surface area contributed by atoms with Crippen LogP contribution in [0.15, 0.2) is 55.0 Å². The molecule has 0 aliphatic rings. The zero-order chi connectivity index (χ0) is 18.6. The predicted molar refractivity (Wildman–Crippen MR) is 89.0 cm³/mol. The van der Waals surface area contributed by atoms with Gasteiger partial charge in [-0.15, -0.1) is 11.3 Å². The fraction of sp³-hybridized carbons (Fsp3) is 0.118. The lowest BCUT2D eigenvalue weighted by Crippen LogP contribution is -2.23. The Morgan fingerprint density at radius 2 is 1.96 bits per heavy atom. The number of thiophene rings is 1. The average molecular weight is 379 g/mol. The third-order valence-corrected chi connectivity index (χ3v) is 4.36. The lowest BCUT2D eigenvalue weighted by molar-refractivity contribution is -0.134. The molecule has 0 radical (unpaired) electrons. The summed E-state index contributed by atoms with van der Waals surface area (Å²) in [6, 6.07) is 8.75. The van der Waals surface area contributed by atoms with Gasteiger partial charge < -0.3 is 10.1 Å². The van der Waals surface area contributed by atoms with Gasteiger partial charge in [-0.2, -0.15) is 13.2 Å². The Labute approximate surface area is 150 Å². The number of hydrogen-bond donors (Lipinski definition) is 1. The molecule has 0 fully saturated rings. The van der Waals surface area contributed by atoms with Crippen LogP contribution in [0.1, 0.15) is 20.1 Å². The summed E-state index contributed by atoms with van der Waals surface area (Å²) in [4.78, 5) is 20.0. The molecular formula is C17H12F3N3O2S. The molecule has 1 amide bonds. The summed E-state index contributed by atoms with van der Waals surface area (Å²) >= 11 is 0.589. The van der Waals surface area contributed by atoms with E-state index in [4.69, 9.17) is 4.74 Å². The van der Waals surface area contributed by atoms with Gasteiger partial charge >= 0.3 is 6.18 Å². The smallest absolute Gasteiger partial charge is 0.425 e. The van der Waals surface area contributed by atoms with E-state index in [0.29, 0.717) is 22.0 Å². The minimum atomic E-state index is -4.39. The van der Waals surface area contributed by atoms with Crippen molar-refractivity contribution < 1.29 is 22.7 Å². The van der Waals surface area contributed by atoms with E-state index in [2.05, 4.69) is 15.3 Å². The molecule has 0 spiro atoms. The number of rotatable bonds is 5. The van der Waals surface area contributed by atoms with E-state index in [1.54, 1.807) is 24.4 Å². The molecule has 0 unspecified atom stereocenters. The molecular weight excluding hydrogens is 367 g/mol. The van der Waals surface area contributed by atoms with Crippen LogP contribution in [0, 0.1) is 0 Å². The number of nitrogens with one attached hydrogen (secondary N) is 1. The first-order valence-corrected chi connectivity index (χ1v) is 8.22. The van der Waals surface area contributed by atoms with E-state index >= 15 is 0 Å². The number of aromatic nitrogens is 2. The van der Waals surface area contributed by atoms with Crippen LogP contribution in [0.4, 0.5) is 13.2 Å². The number of hydrogen-bond acceptors (Lipinski definition) is 5. The summed E-state index contributed by atoms with van der Waals surface area (Å²) in [6.45, 7) is -0.0270. The van der Waals surface area contributed by atoms with E-state index < -0.39 is 17.0 Å². The summed E-state index contributed by atoms with van der Waals surface area (Å²) in [5, 5.41) is 2.57. The SMILES string of the molecule is O=C(NCc1ccc(C(F)(F)F)s1)c1cccnc1Oc1cccnc1. The van der Waals surface area contributed by atoms with Crippen molar-refractivity contribution in [3.05, 3.63) is 70.3 Å². The molecule has 0 bridgehead atoms. The maximum atomic E-state index is 12.6. The standard InChI is InChI=1S/C17H12F3N3O2S/c18-17(19,20)14-6-5-12(26-14)10-23-15(24)13-4-2-8-22-16(13)25-11-3-1-7-21-9-11/h1-9H,10H2,(H,23,24). The van der Waals surface area contributed by atoms with Crippen LogP contribution in [0.25, 0.3) is 0 Å². The van der Waals surface area contributed by atoms with Crippen molar-refractivity contribution in [3.63, 3.8) is 0 Å². The second-order valence-electron chi connectivity index (χ2n) is 5.09. The van der Waals surface area contributed by atoms with Crippen molar-refractivity contribution in [1.82, 2.24) is 15.3 Å². The van der Waals surface area contributed by atoms with E-state index in [9.17, 15) is 18.0 Å². The van der Waals surface area contributed by atoms with Crippen molar-refractivity contribution >= 4 is 17.2 Å². The third-order valence-electron chi connectivity index (χ3n) is 3.23. The Hall–Kier alpha value is -2.94. The summed E-state index contributed by atoms with van der Waals surface area (Å²) in [7, 11) is 0. The van der Waals surface area contributed by atoms with Gasteiger partial charge in [0, 0.05) is 17.3 Å². The average Bonchev–Trinajstić information content (AvgIpc) is 3.10. The highest BCUT2D eigenvalue weighted by Gasteiger charge is 2.32. The van der Waals surface area contributed by atoms with Crippen LogP contribution in [-0.2, 0) is 12.7 Å². The zero-order valence-electron chi connectivity index (χ0n) is 13.2. The number of pyridine rings is 2. The monoisotopic (exact) mass is 379 g/mol. The first kappa shape index (κ1) is 17.9. The van der Waals surface area contributed by atoms with Crippen molar-refractivity contribution in [1.29, 1.82) is 0 Å². The van der Waals surface area contributed by atoms with E-state index in [1.807, 2.05) is 0 Å². The minimum absolute atomic E-state index is 0.0270. The maximum Gasteiger partial charge on any atom is 0.425 e. The van der Waals surface area contributed by atoms with Gasteiger partial charge in [-0.1, -0.05) is 0 Å². The number of halogens is 3. The number of carbonyl (C=O) groups excluding carboxylic acids is 1. The summed E-state index contributed by atoms with van der Waals surface area (Å²) < 4.78 is 43.4. The normalized spacial score (nSPS) is 11.2. The van der Waals surface area contributed by atoms with E-state index in [1.165, 1.54) is 24.5 Å². The third kappa shape index (κ3) is 4.37. The van der Waals surface area contributed by atoms with Gasteiger partial charge in [-0.3, -0.25) is 9.78 Å². The highest BCUT2D eigenvalue weighted by molar-refractivity contribution is 7.12. The number of alkyl halides is 3. The first-order valence-electron chi connectivity index (χ1n) is 7.40. The summed E-state index contributed by atoms with van der Waals surface area (Å²) in [6.07, 6.45) is 0.133. The Bertz CT molecular complexity index is 898. The molecule has 0 aromatic carbocycles. The number of amides is 1. The molecule has 9 heteroatoms. The Kier molecular flexibility index (Phi) is 5.17. The van der Waals surface area contributed by atoms with Gasteiger partial charge in [0.2, 0.25) is 5.88 Å². The zero-order valence-corrected chi connectivity index (χ0v) is 14.0. The molecule has 3 heterocycles. The molecule has 0 aliphatic carbocycles. The molecule has 0 saturated heterocycles. The molecule has 3 aromatic heterocycles. The molecule has 1 N–H and O–H groups in total. The summed E-state index contributed by atoms with van der Waals surface area (Å²) in [5.74, 6) is -0.00700. The Morgan fingerprint density at radius 1 is 1.15 bits per heavy atom. The molecule has 26 heavy (non-hydrogen) atoms. The second kappa shape index (κ2) is 7.52. The van der Waals surface area contributed by atoms with Crippen LogP contribution >= 0.6 is 11.3 Å². The lowest BCUT2D eigenvalue weighted by atomic mass is 10.2. The molecule has 5 nitrogen and oxygen atoms in total. The second-order valence-corrected chi connectivity index (χ2v) is 6.26. The van der Waals surface area contributed by atoms with Gasteiger partial charge in [-0.25, -0.2) is 4.98 Å². The largest absolute Gasteiger partial charge is 0.437 e. The Balaban J connectivity index is 1.69. The fourth-order valence-corrected chi connectivity index (χ4v) is 2.87. The topological polar surface area (TPSA) is 64.1 Å². The van der Waals surface area contributed by atoms with Gasteiger partial charge in [0.05, 0.1) is 12.7 Å². The van der Waals surface area contributed by atoms with Gasteiger partial charge in [0.15, 0.2) is 0 Å². The quantitative estimate of drug-likeness (QED) is 0.719. The Morgan fingerprint density at radius 3 is 2.65 bits per heavy atom. The fourth-order valence-electron chi connectivity index (χ4n) is 2.05. The highest BCUT2D eigenvalue weighted by atomic mass is 32.1. The molecule has 0 atom stereocenters. The van der Waals surface area contributed by atoms with Crippen molar-refractivity contribution in [2.75, 3.05) is 0 Å². The molecule has 0 saturated carbocycles. The molecule has 3 rings (SSSR count). The van der Waals surface area contributed by atoms with Crippen molar-refractivity contribution in [2.45, 2.75) is 12.7 Å². The number of carbonyl (C=O) groups is 1. The van der Waals surface area contributed by atoms with E-state index in [-0.39, 0.29) is 18.0 Å². The van der Waals surface area contributed by atoms with Crippen LogP contribution < -0.4 is 10.1 Å². The molecule has 3 aromatic rings. The van der Waals surface area contributed by atoms with Gasteiger partial charge in [0.1, 0.15) is 16.2 Å². The lowest BCUT2D eigenvalue weighted by Gasteiger charge is -2.09. The first-order chi connectivity index (χ1) is 12.4. The predicted octanol–water partition coefficient (Wildman–Crippen LogP) is 4.28. The highest BCUT2D eigenvalue weighted by Crippen LogP contribution is 2.34. The number of nitrogens with zero attached hydrogens (tertiary/aromatic N) is 2. The van der Waals surface area contributed by atoms with Gasteiger partial charge in [0.25, 0.3) is 5.91 Å². The van der Waals surface area contributed by atoms with Crippen LogP contribution in [0.2, 0.25) is 0 Å². The van der Waals surface area contributed by atoms with E-state index in [0.717, 1.165) is 6.07 Å². The van der Waals surface area contributed by atoms with Crippen molar-refractivity contribution in [2.24, 2.45) is 0 Å².